The molecule has 1 aromatic heterocycles. The van der Waals surface area contributed by atoms with E-state index in [1.165, 1.54) is 13.0 Å². The summed E-state index contributed by atoms with van der Waals surface area (Å²) in [6.45, 7) is 2.77. The minimum absolute atomic E-state index is 0.00391. The number of rotatable bonds is 4. The number of aromatic nitrogens is 2. The lowest BCUT2D eigenvalue weighted by Crippen LogP contribution is -2.32. The number of aryl methyl sites for hydroxylation is 1. The molecule has 0 aliphatic rings. The Labute approximate surface area is 152 Å². The van der Waals surface area contributed by atoms with Gasteiger partial charge in [-0.25, -0.2) is 13.1 Å². The number of hydrogen-bond acceptors (Lipinski definition) is 4. The first-order valence-corrected chi connectivity index (χ1v) is 9.57. The predicted octanol–water partition coefficient (Wildman–Crippen LogP) is 3.22. The molecule has 0 fully saturated rings. The lowest BCUT2D eigenvalue weighted by molar-refractivity contribution is -0.137. The molecule has 1 atom stereocenters. The fourth-order valence-corrected chi connectivity index (χ4v) is 2.69. The highest BCUT2D eigenvalue weighted by atomic mass is 35.5. The zero-order valence-corrected chi connectivity index (χ0v) is 15.5. The fraction of sp³-hybridized carbons (Fsp3) is 0.333. The average molecular weight is 410 g/mol. The van der Waals surface area contributed by atoms with Crippen molar-refractivity contribution in [3.8, 4) is 5.69 Å². The maximum atomic E-state index is 13.0. The van der Waals surface area contributed by atoms with Crippen LogP contribution in [-0.4, -0.2) is 35.6 Å². The van der Waals surface area contributed by atoms with Crippen molar-refractivity contribution in [2.45, 2.75) is 25.3 Å². The third kappa shape index (κ3) is 4.36. The van der Waals surface area contributed by atoms with Crippen molar-refractivity contribution in [2.75, 3.05) is 11.6 Å². The zero-order chi connectivity index (χ0) is 19.9. The van der Waals surface area contributed by atoms with E-state index >= 15 is 0 Å². The van der Waals surface area contributed by atoms with Gasteiger partial charge in [0.2, 0.25) is 5.91 Å². The van der Waals surface area contributed by atoms with Gasteiger partial charge in [0.15, 0.2) is 9.84 Å². The molecule has 1 unspecified atom stereocenters. The SMILES string of the molecule is Cc1cc(NC(=O)C(C)S(C)(=O)=O)n(-c2cc(C(F)(F)F)ccc2Cl)n1. The van der Waals surface area contributed by atoms with Crippen molar-refractivity contribution in [1.29, 1.82) is 0 Å². The minimum Gasteiger partial charge on any atom is -0.309 e. The van der Waals surface area contributed by atoms with Gasteiger partial charge in [0, 0.05) is 12.3 Å². The monoisotopic (exact) mass is 409 g/mol. The van der Waals surface area contributed by atoms with Crippen LogP contribution in [0.3, 0.4) is 0 Å². The third-order valence-corrected chi connectivity index (χ3v) is 5.41. The van der Waals surface area contributed by atoms with E-state index in [1.807, 2.05) is 0 Å². The van der Waals surface area contributed by atoms with E-state index in [2.05, 4.69) is 10.4 Å². The van der Waals surface area contributed by atoms with Crippen LogP contribution in [0.2, 0.25) is 5.02 Å². The van der Waals surface area contributed by atoms with Crippen molar-refractivity contribution in [2.24, 2.45) is 0 Å². The Bertz CT molecular complexity index is 955. The Hall–Kier alpha value is -2.07. The van der Waals surface area contributed by atoms with E-state index in [9.17, 15) is 26.4 Å². The topological polar surface area (TPSA) is 81.1 Å². The molecule has 1 N–H and O–H groups in total. The molecule has 0 spiro atoms. The molecule has 0 aliphatic heterocycles. The van der Waals surface area contributed by atoms with E-state index < -0.39 is 32.7 Å². The van der Waals surface area contributed by atoms with Gasteiger partial charge in [0.05, 0.1) is 22.0 Å². The standard InChI is InChI=1S/C15H15ClF3N3O3S/c1-8-6-13(20-14(23)9(2)26(3,24)25)22(21-8)12-7-10(15(17,18)19)4-5-11(12)16/h4-7,9H,1-3H3,(H,20,23). The van der Waals surface area contributed by atoms with Gasteiger partial charge in [-0.3, -0.25) is 4.79 Å². The molecule has 0 saturated carbocycles. The molecule has 142 valence electrons. The van der Waals surface area contributed by atoms with Crippen molar-refractivity contribution in [1.82, 2.24) is 9.78 Å². The second-order valence-electron chi connectivity index (χ2n) is 5.71. The first-order valence-electron chi connectivity index (χ1n) is 7.24. The Kier molecular flexibility index (Phi) is 5.39. The lowest BCUT2D eigenvalue weighted by atomic mass is 10.2. The van der Waals surface area contributed by atoms with E-state index in [-0.39, 0.29) is 16.5 Å². The minimum atomic E-state index is -4.59. The summed E-state index contributed by atoms with van der Waals surface area (Å²) in [7, 11) is -3.64. The summed E-state index contributed by atoms with van der Waals surface area (Å²) in [6, 6.07) is 4.08. The number of sulfone groups is 1. The number of carbonyl (C=O) groups excluding carboxylic acids is 1. The van der Waals surface area contributed by atoms with Crippen molar-refractivity contribution in [3.63, 3.8) is 0 Å². The van der Waals surface area contributed by atoms with Crippen LogP contribution in [0, 0.1) is 6.92 Å². The van der Waals surface area contributed by atoms with Crippen LogP contribution in [0.5, 0.6) is 0 Å². The highest BCUT2D eigenvalue weighted by molar-refractivity contribution is 7.92. The first-order chi connectivity index (χ1) is 11.8. The summed E-state index contributed by atoms with van der Waals surface area (Å²) in [5, 5.41) is 5.04. The number of alkyl halides is 3. The van der Waals surface area contributed by atoms with Gasteiger partial charge in [0.25, 0.3) is 0 Å². The van der Waals surface area contributed by atoms with E-state index in [0.717, 1.165) is 29.1 Å². The van der Waals surface area contributed by atoms with E-state index in [0.29, 0.717) is 5.69 Å². The number of benzene rings is 1. The maximum Gasteiger partial charge on any atom is 0.416 e. The molecule has 26 heavy (non-hydrogen) atoms. The molecule has 1 heterocycles. The van der Waals surface area contributed by atoms with Crippen molar-refractivity contribution in [3.05, 3.63) is 40.5 Å². The summed E-state index contributed by atoms with van der Waals surface area (Å²) in [5.74, 6) is -0.832. The number of nitrogens with zero attached hydrogens (tertiary/aromatic N) is 2. The highest BCUT2D eigenvalue weighted by Crippen LogP contribution is 2.34. The molecular formula is C15H15ClF3N3O3S. The lowest BCUT2D eigenvalue weighted by Gasteiger charge is -2.14. The van der Waals surface area contributed by atoms with Gasteiger partial charge in [-0.05, 0) is 32.0 Å². The Morgan fingerprint density at radius 3 is 2.46 bits per heavy atom. The van der Waals surface area contributed by atoms with Gasteiger partial charge in [0.1, 0.15) is 11.1 Å². The van der Waals surface area contributed by atoms with Crippen LogP contribution < -0.4 is 5.32 Å². The average Bonchev–Trinajstić information content (AvgIpc) is 2.85. The Balaban J connectivity index is 2.49. The first kappa shape index (κ1) is 20.2. The Morgan fingerprint density at radius 2 is 1.92 bits per heavy atom. The molecule has 0 aliphatic carbocycles. The van der Waals surface area contributed by atoms with Crippen molar-refractivity contribution >= 4 is 33.2 Å². The van der Waals surface area contributed by atoms with Crippen molar-refractivity contribution < 1.29 is 26.4 Å². The number of halogens is 4. The molecule has 2 rings (SSSR count). The fourth-order valence-electron chi connectivity index (χ4n) is 2.05. The molecule has 11 heteroatoms. The van der Waals surface area contributed by atoms with Crippen LogP contribution in [-0.2, 0) is 20.8 Å². The molecule has 2 aromatic rings. The molecule has 0 radical (unpaired) electrons. The largest absolute Gasteiger partial charge is 0.416 e. The predicted molar refractivity (Wildman–Crippen MR) is 91.2 cm³/mol. The third-order valence-electron chi connectivity index (χ3n) is 3.60. The molecule has 0 bridgehead atoms. The number of hydrogen-bond donors (Lipinski definition) is 1. The molecule has 6 nitrogen and oxygen atoms in total. The van der Waals surface area contributed by atoms with Crippen LogP contribution in [0.15, 0.2) is 24.3 Å². The number of carbonyl (C=O) groups is 1. The normalized spacial score (nSPS) is 13.5. The quantitative estimate of drug-likeness (QED) is 0.840. The van der Waals surface area contributed by atoms with Crippen LogP contribution in [0.25, 0.3) is 5.69 Å². The van der Waals surface area contributed by atoms with Gasteiger partial charge < -0.3 is 5.32 Å². The van der Waals surface area contributed by atoms with E-state index in [1.54, 1.807) is 6.92 Å². The summed E-state index contributed by atoms with van der Waals surface area (Å²) in [4.78, 5) is 12.1. The van der Waals surface area contributed by atoms with Crippen LogP contribution in [0.1, 0.15) is 18.2 Å². The van der Waals surface area contributed by atoms with Crippen LogP contribution in [0.4, 0.5) is 19.0 Å². The Morgan fingerprint density at radius 1 is 1.31 bits per heavy atom. The number of nitrogens with one attached hydrogen (secondary N) is 1. The summed E-state index contributed by atoms with van der Waals surface area (Å²) in [6.07, 6.45) is -3.68. The summed E-state index contributed by atoms with van der Waals surface area (Å²) < 4.78 is 62.9. The summed E-state index contributed by atoms with van der Waals surface area (Å²) in [5.41, 5.74) is -0.649. The van der Waals surface area contributed by atoms with Gasteiger partial charge in [-0.2, -0.15) is 18.3 Å². The highest BCUT2D eigenvalue weighted by Gasteiger charge is 2.32. The number of amides is 1. The van der Waals surface area contributed by atoms with Gasteiger partial charge in [-0.15, -0.1) is 0 Å². The maximum absolute atomic E-state index is 13.0. The second kappa shape index (κ2) is 6.92. The van der Waals surface area contributed by atoms with Gasteiger partial charge in [-0.1, -0.05) is 11.6 Å². The number of anilines is 1. The zero-order valence-electron chi connectivity index (χ0n) is 13.9. The second-order valence-corrected chi connectivity index (χ2v) is 8.48. The molecule has 1 aromatic carbocycles. The summed E-state index contributed by atoms with van der Waals surface area (Å²) >= 11 is 6.00. The van der Waals surface area contributed by atoms with Crippen LogP contribution >= 0.6 is 11.6 Å². The smallest absolute Gasteiger partial charge is 0.309 e. The molecule has 0 saturated heterocycles. The molecule has 1 amide bonds. The van der Waals surface area contributed by atoms with E-state index in [4.69, 9.17) is 11.6 Å². The molecular weight excluding hydrogens is 395 g/mol. The van der Waals surface area contributed by atoms with Gasteiger partial charge >= 0.3 is 6.18 Å².